The Morgan fingerprint density at radius 3 is 2.55 bits per heavy atom. The minimum atomic E-state index is -3.99. The number of anilines is 1. The molecule has 0 aliphatic heterocycles. The lowest BCUT2D eigenvalue weighted by atomic mass is 9.90. The highest BCUT2D eigenvalue weighted by Gasteiger charge is 2.19. The van der Waals surface area contributed by atoms with Gasteiger partial charge in [0.05, 0.1) is 9.82 Å². The van der Waals surface area contributed by atoms with E-state index in [0.717, 1.165) is 37.5 Å². The molecule has 0 saturated heterocycles. The average Bonchev–Trinajstić information content (AvgIpc) is 2.45. The zero-order valence-corrected chi connectivity index (χ0v) is 13.0. The van der Waals surface area contributed by atoms with Gasteiger partial charge in [-0.2, -0.15) is 5.10 Å². The molecule has 1 aliphatic carbocycles. The maximum atomic E-state index is 11.3. The van der Waals surface area contributed by atoms with E-state index in [1.54, 1.807) is 0 Å². The van der Waals surface area contributed by atoms with Crippen molar-refractivity contribution in [3.63, 3.8) is 0 Å². The average molecular weight is 326 g/mol. The molecule has 0 aromatic heterocycles. The van der Waals surface area contributed by atoms with E-state index >= 15 is 0 Å². The number of rotatable bonds is 4. The quantitative estimate of drug-likeness (QED) is 0.647. The highest BCUT2D eigenvalue weighted by molar-refractivity contribution is 7.89. The summed E-state index contributed by atoms with van der Waals surface area (Å²) in [5.41, 5.74) is 3.40. The standard InChI is InChI=1S/C13H18N4O4S/c1-9-2-4-10(5-3-9)15-16-12-7-6-11(22(14,20)21)8-13(12)17(18)19/h6-9,16H,2-5H2,1H3,(H2,14,20,21). The zero-order valence-electron chi connectivity index (χ0n) is 12.2. The molecule has 1 aliphatic rings. The molecule has 0 heterocycles. The number of hydrogen-bond donors (Lipinski definition) is 2. The predicted octanol–water partition coefficient (Wildman–Crippen LogP) is 2.22. The van der Waals surface area contributed by atoms with Gasteiger partial charge in [0.25, 0.3) is 5.69 Å². The van der Waals surface area contributed by atoms with Gasteiger partial charge in [-0.05, 0) is 43.7 Å². The maximum absolute atomic E-state index is 11.3. The van der Waals surface area contributed by atoms with Crippen molar-refractivity contribution in [3.8, 4) is 0 Å². The normalized spacial score (nSPS) is 18.8. The van der Waals surface area contributed by atoms with Crippen LogP contribution in [0.25, 0.3) is 0 Å². The number of hydrazone groups is 1. The smallest absolute Gasteiger partial charge is 0.272 e. The molecule has 0 atom stereocenters. The van der Waals surface area contributed by atoms with Crippen molar-refractivity contribution in [2.75, 3.05) is 5.43 Å². The van der Waals surface area contributed by atoms with E-state index in [2.05, 4.69) is 17.5 Å². The first-order chi connectivity index (χ1) is 10.3. The third-order valence-corrected chi connectivity index (χ3v) is 4.59. The predicted molar refractivity (Wildman–Crippen MR) is 83.2 cm³/mol. The van der Waals surface area contributed by atoms with Gasteiger partial charge < -0.3 is 0 Å². The monoisotopic (exact) mass is 326 g/mol. The summed E-state index contributed by atoms with van der Waals surface area (Å²) in [5.74, 6) is 0.669. The van der Waals surface area contributed by atoms with E-state index in [9.17, 15) is 18.5 Å². The summed E-state index contributed by atoms with van der Waals surface area (Å²) < 4.78 is 22.5. The number of nitrogens with two attached hydrogens (primary N) is 1. The molecule has 0 radical (unpaired) electrons. The van der Waals surface area contributed by atoms with E-state index in [-0.39, 0.29) is 16.3 Å². The molecule has 1 aromatic rings. The SMILES string of the molecule is CC1CCC(=NNc2ccc(S(N)(=O)=O)cc2[N+](=O)[O-])CC1. The Labute approximate surface area is 128 Å². The maximum Gasteiger partial charge on any atom is 0.295 e. The van der Waals surface area contributed by atoms with Crippen LogP contribution in [0.15, 0.2) is 28.2 Å². The first-order valence-electron chi connectivity index (χ1n) is 6.90. The minimum absolute atomic E-state index is 0.142. The van der Waals surface area contributed by atoms with Crippen molar-refractivity contribution in [2.45, 2.75) is 37.5 Å². The lowest BCUT2D eigenvalue weighted by Crippen LogP contribution is -2.14. The second-order valence-electron chi connectivity index (χ2n) is 5.45. The van der Waals surface area contributed by atoms with Crippen LogP contribution in [-0.4, -0.2) is 19.1 Å². The van der Waals surface area contributed by atoms with Crippen LogP contribution < -0.4 is 10.6 Å². The van der Waals surface area contributed by atoms with Crippen LogP contribution in [0.3, 0.4) is 0 Å². The van der Waals surface area contributed by atoms with Gasteiger partial charge in [-0.1, -0.05) is 6.92 Å². The van der Waals surface area contributed by atoms with Crippen molar-refractivity contribution < 1.29 is 13.3 Å². The van der Waals surface area contributed by atoms with Gasteiger partial charge in [-0.15, -0.1) is 0 Å². The minimum Gasteiger partial charge on any atom is -0.272 e. The summed E-state index contributed by atoms with van der Waals surface area (Å²) in [5, 5.41) is 20.3. The first kappa shape index (κ1) is 16.4. The fraction of sp³-hybridized carbons (Fsp3) is 0.462. The van der Waals surface area contributed by atoms with Crippen molar-refractivity contribution >= 4 is 27.1 Å². The molecule has 2 rings (SSSR count). The van der Waals surface area contributed by atoms with E-state index in [0.29, 0.717) is 5.92 Å². The number of nitro benzene ring substituents is 1. The third kappa shape index (κ3) is 4.01. The van der Waals surface area contributed by atoms with Crippen molar-refractivity contribution in [1.29, 1.82) is 0 Å². The second-order valence-corrected chi connectivity index (χ2v) is 7.01. The summed E-state index contributed by atoms with van der Waals surface area (Å²) in [6.45, 7) is 2.18. The van der Waals surface area contributed by atoms with Crippen LogP contribution in [0.5, 0.6) is 0 Å². The topological polar surface area (TPSA) is 128 Å². The van der Waals surface area contributed by atoms with Crippen LogP contribution in [0.2, 0.25) is 0 Å². The summed E-state index contributed by atoms with van der Waals surface area (Å²) in [6, 6.07) is 3.45. The second kappa shape index (κ2) is 6.41. The lowest BCUT2D eigenvalue weighted by Gasteiger charge is -2.18. The fourth-order valence-corrected chi connectivity index (χ4v) is 2.81. The summed E-state index contributed by atoms with van der Waals surface area (Å²) in [7, 11) is -3.99. The van der Waals surface area contributed by atoms with Crippen molar-refractivity contribution in [2.24, 2.45) is 16.2 Å². The van der Waals surface area contributed by atoms with E-state index in [4.69, 9.17) is 5.14 Å². The Kier molecular flexibility index (Phi) is 4.77. The number of hydrogen-bond acceptors (Lipinski definition) is 6. The van der Waals surface area contributed by atoms with Gasteiger partial charge in [0.2, 0.25) is 10.0 Å². The Morgan fingerprint density at radius 1 is 1.36 bits per heavy atom. The van der Waals surface area contributed by atoms with Gasteiger partial charge in [0.15, 0.2) is 0 Å². The van der Waals surface area contributed by atoms with Crippen molar-refractivity contribution in [3.05, 3.63) is 28.3 Å². The molecule has 22 heavy (non-hydrogen) atoms. The van der Waals surface area contributed by atoms with Crippen LogP contribution in [-0.2, 0) is 10.0 Å². The molecule has 1 fully saturated rings. The van der Waals surface area contributed by atoms with Crippen molar-refractivity contribution in [1.82, 2.24) is 0 Å². The van der Waals surface area contributed by atoms with Gasteiger partial charge in [0.1, 0.15) is 5.69 Å². The number of sulfonamides is 1. The van der Waals surface area contributed by atoms with Crippen LogP contribution in [0.4, 0.5) is 11.4 Å². The molecule has 8 nitrogen and oxygen atoms in total. The summed E-state index contributed by atoms with van der Waals surface area (Å²) >= 11 is 0. The number of nitrogens with one attached hydrogen (secondary N) is 1. The van der Waals surface area contributed by atoms with Gasteiger partial charge in [-0.25, -0.2) is 13.6 Å². The zero-order chi connectivity index (χ0) is 16.3. The molecule has 0 bridgehead atoms. The number of primary sulfonamides is 1. The van der Waals surface area contributed by atoms with Gasteiger partial charge in [0, 0.05) is 11.8 Å². The molecule has 9 heteroatoms. The van der Waals surface area contributed by atoms with E-state index in [1.165, 1.54) is 12.1 Å². The Bertz CT molecular complexity index is 705. The Morgan fingerprint density at radius 2 is 2.00 bits per heavy atom. The van der Waals surface area contributed by atoms with Crippen LogP contribution in [0.1, 0.15) is 32.6 Å². The molecule has 120 valence electrons. The first-order valence-corrected chi connectivity index (χ1v) is 8.44. The molecular formula is C13H18N4O4S. The highest BCUT2D eigenvalue weighted by Crippen LogP contribution is 2.28. The molecular weight excluding hydrogens is 308 g/mol. The number of benzene rings is 1. The molecule has 0 amide bonds. The van der Waals surface area contributed by atoms with E-state index in [1.807, 2.05) is 0 Å². The summed E-state index contributed by atoms with van der Waals surface area (Å²) in [4.78, 5) is 10.1. The largest absolute Gasteiger partial charge is 0.295 e. The molecule has 0 unspecified atom stereocenters. The van der Waals surface area contributed by atoms with Gasteiger partial charge in [-0.3, -0.25) is 15.5 Å². The third-order valence-electron chi connectivity index (χ3n) is 3.68. The van der Waals surface area contributed by atoms with E-state index < -0.39 is 14.9 Å². The molecule has 3 N–H and O–H groups in total. The molecule has 1 aromatic carbocycles. The van der Waals surface area contributed by atoms with Crippen LogP contribution in [0, 0.1) is 16.0 Å². The van der Waals surface area contributed by atoms with Crippen LogP contribution >= 0.6 is 0 Å². The molecule has 1 saturated carbocycles. The molecule has 0 spiro atoms. The lowest BCUT2D eigenvalue weighted by molar-refractivity contribution is -0.384. The summed E-state index contributed by atoms with van der Waals surface area (Å²) in [6.07, 6.45) is 3.81. The Balaban J connectivity index is 2.24. The number of nitrogens with zero attached hydrogens (tertiary/aromatic N) is 2. The number of nitro groups is 1. The van der Waals surface area contributed by atoms with Gasteiger partial charge >= 0.3 is 0 Å². The fourth-order valence-electron chi connectivity index (χ4n) is 2.28. The Hall–Kier alpha value is -2.00. The highest BCUT2D eigenvalue weighted by atomic mass is 32.2.